The van der Waals surface area contributed by atoms with Crippen LogP contribution >= 0.6 is 12.2 Å². The molecule has 1 rings (SSSR count). The topological polar surface area (TPSA) is 55.1 Å². The molecule has 1 aliphatic carbocycles. The lowest BCUT2D eigenvalue weighted by atomic mass is 9.68. The first-order chi connectivity index (χ1) is 6.90. The van der Waals surface area contributed by atoms with Crippen LogP contribution in [-0.4, -0.2) is 16.9 Å². The Morgan fingerprint density at radius 1 is 1.40 bits per heavy atom. The van der Waals surface area contributed by atoms with Gasteiger partial charge in [-0.15, -0.1) is 0 Å². The number of amides is 1. The van der Waals surface area contributed by atoms with Gasteiger partial charge in [-0.05, 0) is 25.7 Å². The van der Waals surface area contributed by atoms with Crippen molar-refractivity contribution in [1.29, 1.82) is 0 Å². The molecule has 3 N–H and O–H groups in total. The van der Waals surface area contributed by atoms with Gasteiger partial charge in [-0.2, -0.15) is 0 Å². The Hall–Kier alpha value is -0.640. The molecule has 1 aliphatic rings. The molecule has 0 spiro atoms. The average Bonchev–Trinajstić information content (AvgIpc) is 2.00. The summed E-state index contributed by atoms with van der Waals surface area (Å²) in [6.45, 7) is 6.17. The zero-order chi connectivity index (χ0) is 11.6. The van der Waals surface area contributed by atoms with Crippen LogP contribution in [0.2, 0.25) is 0 Å². The molecule has 0 aliphatic heterocycles. The lowest BCUT2D eigenvalue weighted by Gasteiger charge is -2.40. The van der Waals surface area contributed by atoms with Crippen LogP contribution in [0, 0.1) is 11.3 Å². The van der Waals surface area contributed by atoms with E-state index in [4.69, 9.17) is 18.0 Å². The number of rotatable bonds is 4. The Morgan fingerprint density at radius 2 is 1.93 bits per heavy atom. The molecule has 4 heteroatoms. The maximum atomic E-state index is 12.0. The van der Waals surface area contributed by atoms with E-state index in [0.717, 1.165) is 19.3 Å². The second kappa shape index (κ2) is 4.47. The van der Waals surface area contributed by atoms with Gasteiger partial charge in [0.05, 0.1) is 10.4 Å². The number of carbonyl (C=O) groups is 1. The van der Waals surface area contributed by atoms with Crippen LogP contribution in [0.25, 0.3) is 0 Å². The summed E-state index contributed by atoms with van der Waals surface area (Å²) in [7, 11) is 0. The summed E-state index contributed by atoms with van der Waals surface area (Å²) in [6.07, 6.45) is 2.65. The molecule has 1 saturated carbocycles. The van der Waals surface area contributed by atoms with Crippen molar-refractivity contribution in [1.82, 2.24) is 5.32 Å². The van der Waals surface area contributed by atoms with Crippen molar-refractivity contribution in [2.24, 2.45) is 17.1 Å². The van der Waals surface area contributed by atoms with Crippen LogP contribution in [0.3, 0.4) is 0 Å². The van der Waals surface area contributed by atoms with Gasteiger partial charge in [-0.1, -0.05) is 32.5 Å². The fourth-order valence-corrected chi connectivity index (χ4v) is 1.92. The lowest BCUT2D eigenvalue weighted by molar-refractivity contribution is -0.131. The van der Waals surface area contributed by atoms with Gasteiger partial charge in [0.15, 0.2) is 0 Å². The van der Waals surface area contributed by atoms with Gasteiger partial charge >= 0.3 is 0 Å². The molecule has 1 fully saturated rings. The molecule has 0 radical (unpaired) electrons. The zero-order valence-electron chi connectivity index (χ0n) is 9.67. The lowest BCUT2D eigenvalue weighted by Crippen LogP contribution is -2.55. The van der Waals surface area contributed by atoms with Crippen molar-refractivity contribution in [3.05, 3.63) is 0 Å². The maximum Gasteiger partial charge on any atom is 0.233 e. The minimum Gasteiger partial charge on any atom is -0.392 e. The van der Waals surface area contributed by atoms with Gasteiger partial charge in [0.1, 0.15) is 0 Å². The van der Waals surface area contributed by atoms with E-state index in [-0.39, 0.29) is 11.9 Å². The van der Waals surface area contributed by atoms with E-state index in [9.17, 15) is 4.79 Å². The van der Waals surface area contributed by atoms with Crippen molar-refractivity contribution >= 4 is 23.1 Å². The molecule has 0 saturated heterocycles. The van der Waals surface area contributed by atoms with Crippen molar-refractivity contribution < 1.29 is 4.79 Å². The first-order valence-corrected chi connectivity index (χ1v) is 5.92. The highest BCUT2D eigenvalue weighted by atomic mass is 32.1. The van der Waals surface area contributed by atoms with Crippen LogP contribution in [-0.2, 0) is 4.79 Å². The maximum absolute atomic E-state index is 12.0. The van der Waals surface area contributed by atoms with Crippen molar-refractivity contribution in [2.75, 3.05) is 0 Å². The third kappa shape index (κ3) is 2.30. The minimum absolute atomic E-state index is 0.0162. The summed E-state index contributed by atoms with van der Waals surface area (Å²) in [5, 5.41) is 3.00. The number of hydrogen-bond acceptors (Lipinski definition) is 2. The number of nitrogens with one attached hydrogen (secondary N) is 1. The summed E-state index contributed by atoms with van der Waals surface area (Å²) in [5.74, 6) is 0.444. The van der Waals surface area contributed by atoms with Crippen molar-refractivity contribution in [2.45, 2.75) is 46.1 Å². The zero-order valence-corrected chi connectivity index (χ0v) is 10.5. The number of hydrogen-bond donors (Lipinski definition) is 2. The highest BCUT2D eigenvalue weighted by Gasteiger charge is 2.47. The summed E-state index contributed by atoms with van der Waals surface area (Å²) in [4.78, 5) is 12.4. The molecule has 0 aromatic carbocycles. The standard InChI is InChI=1S/C11H20N2OS/c1-7(2)8(3)13-10(14)11(9(12)15)5-4-6-11/h7-8H,4-6H2,1-3H3,(H2,12,15)(H,13,14). The third-order valence-electron chi connectivity index (χ3n) is 3.47. The summed E-state index contributed by atoms with van der Waals surface area (Å²) in [6, 6.07) is 0.171. The highest BCUT2D eigenvalue weighted by Crippen LogP contribution is 2.41. The van der Waals surface area contributed by atoms with E-state index in [2.05, 4.69) is 19.2 Å². The molecule has 0 aromatic heterocycles. The van der Waals surface area contributed by atoms with Crippen LogP contribution in [0.5, 0.6) is 0 Å². The molecule has 1 atom stereocenters. The molecule has 0 aromatic rings. The molecule has 3 nitrogen and oxygen atoms in total. The Morgan fingerprint density at radius 3 is 2.20 bits per heavy atom. The van der Waals surface area contributed by atoms with E-state index in [1.165, 1.54) is 0 Å². The van der Waals surface area contributed by atoms with E-state index < -0.39 is 5.41 Å². The summed E-state index contributed by atoms with van der Waals surface area (Å²) >= 11 is 4.99. The van der Waals surface area contributed by atoms with Crippen molar-refractivity contribution in [3.8, 4) is 0 Å². The van der Waals surface area contributed by atoms with Gasteiger partial charge in [-0.25, -0.2) is 0 Å². The second-order valence-corrected chi connectivity index (χ2v) is 5.25. The van der Waals surface area contributed by atoms with Crippen LogP contribution in [0.1, 0.15) is 40.0 Å². The average molecular weight is 228 g/mol. The largest absolute Gasteiger partial charge is 0.392 e. The van der Waals surface area contributed by atoms with Gasteiger partial charge in [0.25, 0.3) is 0 Å². The molecule has 15 heavy (non-hydrogen) atoms. The van der Waals surface area contributed by atoms with Crippen molar-refractivity contribution in [3.63, 3.8) is 0 Å². The summed E-state index contributed by atoms with van der Waals surface area (Å²) < 4.78 is 0. The Kier molecular flexibility index (Phi) is 3.71. The molecule has 0 heterocycles. The molecular formula is C11H20N2OS. The van der Waals surface area contributed by atoms with Gasteiger partial charge < -0.3 is 11.1 Å². The first-order valence-electron chi connectivity index (χ1n) is 5.51. The Labute approximate surface area is 96.8 Å². The summed E-state index contributed by atoms with van der Waals surface area (Å²) in [5.41, 5.74) is 5.11. The van der Waals surface area contributed by atoms with Gasteiger partial charge in [-0.3, -0.25) is 4.79 Å². The molecule has 0 bridgehead atoms. The van der Waals surface area contributed by atoms with Crippen LogP contribution < -0.4 is 11.1 Å². The molecule has 1 amide bonds. The van der Waals surface area contributed by atoms with Gasteiger partial charge in [0, 0.05) is 6.04 Å². The monoisotopic (exact) mass is 228 g/mol. The highest BCUT2D eigenvalue weighted by molar-refractivity contribution is 7.80. The fraction of sp³-hybridized carbons (Fsp3) is 0.818. The number of nitrogens with two attached hydrogens (primary N) is 1. The predicted molar refractivity (Wildman–Crippen MR) is 65.5 cm³/mol. The number of thiocarbonyl (C=S) groups is 1. The second-order valence-electron chi connectivity index (χ2n) is 4.81. The SMILES string of the molecule is CC(C)C(C)NC(=O)C1(C(N)=S)CCC1. The molecular weight excluding hydrogens is 208 g/mol. The first kappa shape index (κ1) is 12.4. The van der Waals surface area contributed by atoms with E-state index >= 15 is 0 Å². The minimum atomic E-state index is -0.543. The molecule has 86 valence electrons. The third-order valence-corrected chi connectivity index (χ3v) is 3.86. The van der Waals surface area contributed by atoms with E-state index in [1.54, 1.807) is 0 Å². The fourth-order valence-electron chi connectivity index (χ4n) is 1.63. The molecule has 1 unspecified atom stereocenters. The quantitative estimate of drug-likeness (QED) is 0.719. The Balaban J connectivity index is 2.63. The predicted octanol–water partition coefficient (Wildman–Crippen LogP) is 1.60. The Bertz CT molecular complexity index is 272. The van der Waals surface area contributed by atoms with Crippen LogP contribution in [0.4, 0.5) is 0 Å². The van der Waals surface area contributed by atoms with Gasteiger partial charge in [0.2, 0.25) is 5.91 Å². The van der Waals surface area contributed by atoms with Crippen LogP contribution in [0.15, 0.2) is 0 Å². The number of carbonyl (C=O) groups excluding carboxylic acids is 1. The van der Waals surface area contributed by atoms with E-state index in [0.29, 0.717) is 10.9 Å². The normalized spacial score (nSPS) is 20.5. The smallest absolute Gasteiger partial charge is 0.233 e. The van der Waals surface area contributed by atoms with E-state index in [1.807, 2.05) is 6.92 Å².